The van der Waals surface area contributed by atoms with Crippen LogP contribution in [0.3, 0.4) is 0 Å². The number of carbonyl (C=O) groups excluding carboxylic acids is 1. The normalized spacial score (nSPS) is 12.1. The van der Waals surface area contributed by atoms with Crippen molar-refractivity contribution in [3.8, 4) is 22.9 Å². The average molecular weight is 331 g/mol. The number of hydrogen-bond acceptors (Lipinski definition) is 5. The van der Waals surface area contributed by atoms with Crippen molar-refractivity contribution in [3.05, 3.63) is 35.3 Å². The highest BCUT2D eigenvalue weighted by Gasteiger charge is 2.19. The summed E-state index contributed by atoms with van der Waals surface area (Å²) in [5.74, 6) is 0.917. The van der Waals surface area contributed by atoms with E-state index in [2.05, 4.69) is 9.97 Å². The van der Waals surface area contributed by atoms with Gasteiger partial charge in [-0.15, -0.1) is 0 Å². The van der Waals surface area contributed by atoms with Gasteiger partial charge in [-0.25, -0.2) is 9.72 Å². The molecule has 0 bridgehead atoms. The molecule has 1 aromatic carbocycles. The van der Waals surface area contributed by atoms with E-state index >= 15 is 0 Å². The fourth-order valence-electron chi connectivity index (χ4n) is 1.92. The number of methoxy groups -OCH3 is 1. The summed E-state index contributed by atoms with van der Waals surface area (Å²) in [7, 11) is 1.49. The zero-order chi connectivity index (χ0) is 17.9. The molecule has 0 aliphatic carbocycles. The molecule has 0 radical (unpaired) electrons. The Morgan fingerprint density at radius 1 is 1.33 bits per heavy atom. The molecule has 2 rings (SSSR count). The maximum Gasteiger partial charge on any atom is 0.308 e. The van der Waals surface area contributed by atoms with Gasteiger partial charge in [0, 0.05) is 39.5 Å². The number of imidazole rings is 1. The standard InChI is InChI=1S/C17H21N3O4/c1-11(21)24-14-7-6-12(8-15(14)23-5)16-18-9-13(19-16)10-20(22)17(2,3)4/h6-10H,1-5H3,(H,18,19)/b20-10-. The Kier molecular flexibility index (Phi) is 4.92. The lowest BCUT2D eigenvalue weighted by atomic mass is 10.1. The minimum atomic E-state index is -0.534. The van der Waals surface area contributed by atoms with E-state index in [1.54, 1.807) is 24.4 Å². The molecule has 2 aromatic rings. The molecule has 1 aromatic heterocycles. The highest BCUT2D eigenvalue weighted by molar-refractivity contribution is 5.75. The number of nitrogens with zero attached hydrogens (tertiary/aromatic N) is 2. The summed E-state index contributed by atoms with van der Waals surface area (Å²) in [6.45, 7) is 6.79. The molecule has 1 N–H and O–H groups in total. The first-order valence-corrected chi connectivity index (χ1v) is 7.44. The third-order valence-electron chi connectivity index (χ3n) is 3.20. The number of aromatic nitrogens is 2. The van der Waals surface area contributed by atoms with Crippen LogP contribution in [0.4, 0.5) is 0 Å². The number of ether oxygens (including phenoxy) is 2. The maximum atomic E-state index is 12.0. The predicted octanol–water partition coefficient (Wildman–Crippen LogP) is 2.74. The van der Waals surface area contributed by atoms with Crippen molar-refractivity contribution in [1.29, 1.82) is 0 Å². The molecule has 0 saturated carbocycles. The van der Waals surface area contributed by atoms with E-state index in [-0.39, 0.29) is 0 Å². The van der Waals surface area contributed by atoms with Gasteiger partial charge in [0.05, 0.1) is 7.11 Å². The van der Waals surface area contributed by atoms with Crippen LogP contribution in [0.25, 0.3) is 11.4 Å². The molecule has 0 spiro atoms. The quantitative estimate of drug-likeness (QED) is 0.232. The number of nitrogens with one attached hydrogen (secondary N) is 1. The van der Waals surface area contributed by atoms with Crippen LogP contribution in [-0.4, -0.2) is 39.5 Å². The van der Waals surface area contributed by atoms with Crippen LogP contribution in [0.1, 0.15) is 33.4 Å². The van der Waals surface area contributed by atoms with Crippen LogP contribution in [0.15, 0.2) is 24.4 Å². The van der Waals surface area contributed by atoms with Gasteiger partial charge in [0.25, 0.3) is 0 Å². The summed E-state index contributed by atoms with van der Waals surface area (Å²) >= 11 is 0. The molecular weight excluding hydrogens is 310 g/mol. The van der Waals surface area contributed by atoms with Crippen molar-refractivity contribution in [2.24, 2.45) is 0 Å². The van der Waals surface area contributed by atoms with Gasteiger partial charge in [0.1, 0.15) is 11.5 Å². The molecule has 0 amide bonds. The lowest BCUT2D eigenvalue weighted by Crippen LogP contribution is -2.29. The van der Waals surface area contributed by atoms with Gasteiger partial charge in [-0.3, -0.25) is 4.79 Å². The van der Waals surface area contributed by atoms with Crippen LogP contribution < -0.4 is 9.47 Å². The van der Waals surface area contributed by atoms with Crippen LogP contribution in [0, 0.1) is 5.21 Å². The monoisotopic (exact) mass is 331 g/mol. The van der Waals surface area contributed by atoms with E-state index in [1.807, 2.05) is 20.8 Å². The third kappa shape index (κ3) is 4.13. The fourth-order valence-corrected chi connectivity index (χ4v) is 1.92. The molecule has 0 unspecified atom stereocenters. The number of H-pyrrole nitrogens is 1. The summed E-state index contributed by atoms with van der Waals surface area (Å²) in [6, 6.07) is 5.10. The molecule has 1 heterocycles. The molecule has 0 saturated heterocycles. The van der Waals surface area contributed by atoms with Crippen LogP contribution >= 0.6 is 0 Å². The number of benzene rings is 1. The van der Waals surface area contributed by atoms with Crippen molar-refractivity contribution in [2.45, 2.75) is 33.2 Å². The van der Waals surface area contributed by atoms with Crippen molar-refractivity contribution in [2.75, 3.05) is 7.11 Å². The Morgan fingerprint density at radius 3 is 2.62 bits per heavy atom. The second-order valence-corrected chi connectivity index (χ2v) is 6.26. The molecule has 0 aliphatic rings. The van der Waals surface area contributed by atoms with Crippen molar-refractivity contribution >= 4 is 12.2 Å². The first kappa shape index (κ1) is 17.5. The van der Waals surface area contributed by atoms with Gasteiger partial charge in [0.15, 0.2) is 17.0 Å². The Labute approximate surface area is 140 Å². The number of carbonyl (C=O) groups is 1. The van der Waals surface area contributed by atoms with Crippen LogP contribution in [-0.2, 0) is 4.79 Å². The van der Waals surface area contributed by atoms with Crippen LogP contribution in [0.2, 0.25) is 0 Å². The smallest absolute Gasteiger partial charge is 0.308 e. The van der Waals surface area contributed by atoms with E-state index in [9.17, 15) is 10.0 Å². The summed E-state index contributed by atoms with van der Waals surface area (Å²) in [5.41, 5.74) is 0.738. The Bertz CT molecular complexity index is 772. The second-order valence-electron chi connectivity index (χ2n) is 6.26. The molecule has 0 atom stereocenters. The van der Waals surface area contributed by atoms with Crippen LogP contribution in [0.5, 0.6) is 11.5 Å². The van der Waals surface area contributed by atoms with E-state index < -0.39 is 11.5 Å². The molecule has 7 heteroatoms. The molecule has 0 aliphatic heterocycles. The molecular formula is C17H21N3O4. The van der Waals surface area contributed by atoms with Crippen molar-refractivity contribution in [3.63, 3.8) is 0 Å². The van der Waals surface area contributed by atoms with E-state index in [0.29, 0.717) is 23.0 Å². The topological polar surface area (TPSA) is 90.3 Å². The Morgan fingerprint density at radius 2 is 2.04 bits per heavy atom. The first-order chi connectivity index (χ1) is 11.2. The zero-order valence-electron chi connectivity index (χ0n) is 14.4. The lowest BCUT2D eigenvalue weighted by molar-refractivity contribution is -0.530. The van der Waals surface area contributed by atoms with Gasteiger partial charge >= 0.3 is 5.97 Å². The minimum Gasteiger partial charge on any atom is -0.623 e. The van der Waals surface area contributed by atoms with E-state index in [0.717, 1.165) is 10.3 Å². The largest absolute Gasteiger partial charge is 0.623 e. The zero-order valence-corrected chi connectivity index (χ0v) is 14.4. The number of hydrogen-bond donors (Lipinski definition) is 1. The number of rotatable bonds is 4. The Hall–Kier alpha value is -2.83. The van der Waals surface area contributed by atoms with Gasteiger partial charge in [-0.05, 0) is 18.2 Å². The highest BCUT2D eigenvalue weighted by atomic mass is 16.6. The second kappa shape index (κ2) is 6.74. The SMILES string of the molecule is COc1cc(-c2nc(/C=[N+](\[O-])C(C)(C)C)c[nH]2)ccc1OC(C)=O. The number of hydroxylamine groups is 1. The minimum absolute atomic E-state index is 0.338. The molecule has 128 valence electrons. The maximum absolute atomic E-state index is 12.0. The summed E-state index contributed by atoms with van der Waals surface area (Å²) in [5, 5.41) is 12.0. The molecule has 24 heavy (non-hydrogen) atoms. The lowest BCUT2D eigenvalue weighted by Gasteiger charge is -2.17. The summed E-state index contributed by atoms with van der Waals surface area (Å²) < 4.78 is 11.2. The average Bonchev–Trinajstić information content (AvgIpc) is 2.94. The molecule has 0 fully saturated rings. The van der Waals surface area contributed by atoms with Crippen molar-refractivity contribution in [1.82, 2.24) is 9.97 Å². The summed E-state index contributed by atoms with van der Waals surface area (Å²) in [6.07, 6.45) is 3.09. The van der Waals surface area contributed by atoms with Gasteiger partial charge in [0.2, 0.25) is 6.21 Å². The van der Waals surface area contributed by atoms with E-state index in [4.69, 9.17) is 9.47 Å². The van der Waals surface area contributed by atoms with E-state index in [1.165, 1.54) is 20.2 Å². The predicted molar refractivity (Wildman–Crippen MR) is 90.4 cm³/mol. The number of esters is 1. The summed E-state index contributed by atoms with van der Waals surface area (Å²) in [4.78, 5) is 18.5. The molecule has 7 nitrogen and oxygen atoms in total. The Balaban J connectivity index is 2.32. The highest BCUT2D eigenvalue weighted by Crippen LogP contribution is 2.31. The van der Waals surface area contributed by atoms with Crippen molar-refractivity contribution < 1.29 is 19.0 Å². The van der Waals surface area contributed by atoms with Gasteiger partial charge in [-0.1, -0.05) is 0 Å². The van der Waals surface area contributed by atoms with Gasteiger partial charge < -0.3 is 19.7 Å². The fraction of sp³-hybridized carbons (Fsp3) is 0.353. The third-order valence-corrected chi connectivity index (χ3v) is 3.20. The number of aromatic amines is 1. The first-order valence-electron chi connectivity index (χ1n) is 7.44. The van der Waals surface area contributed by atoms with Gasteiger partial charge in [-0.2, -0.15) is 0 Å².